The third-order valence-electron chi connectivity index (χ3n) is 7.55. The van der Waals surface area contributed by atoms with Crippen molar-refractivity contribution >= 4 is 11.6 Å². The molecule has 0 saturated carbocycles. The van der Waals surface area contributed by atoms with Crippen LogP contribution >= 0.6 is 0 Å². The first-order chi connectivity index (χ1) is 18.3. The lowest BCUT2D eigenvalue weighted by Gasteiger charge is -2.42. The summed E-state index contributed by atoms with van der Waals surface area (Å²) in [5, 5.41) is 0. The minimum Gasteiger partial charge on any atom is -0.383 e. The lowest BCUT2D eigenvalue weighted by molar-refractivity contribution is -0.137. The van der Waals surface area contributed by atoms with Gasteiger partial charge in [0.25, 0.3) is 0 Å². The van der Waals surface area contributed by atoms with Crippen LogP contribution in [-0.4, -0.2) is 65.6 Å². The number of halogens is 4. The maximum absolute atomic E-state index is 13.5. The molecule has 0 radical (unpaired) electrons. The van der Waals surface area contributed by atoms with Crippen molar-refractivity contribution in [3.05, 3.63) is 71.8 Å². The summed E-state index contributed by atoms with van der Waals surface area (Å²) in [4.78, 5) is 15.6. The van der Waals surface area contributed by atoms with Crippen molar-refractivity contribution in [2.75, 3.05) is 56.4 Å². The molecule has 0 amide bonds. The Balaban J connectivity index is 1.36. The van der Waals surface area contributed by atoms with E-state index in [-0.39, 0.29) is 11.9 Å². The Morgan fingerprint density at radius 3 is 2.11 bits per heavy atom. The first-order valence-electron chi connectivity index (χ1n) is 13.0. The number of alkyl halides is 3. The monoisotopic (exact) mass is 528 g/mol. The molecular weight excluding hydrogens is 496 g/mol. The predicted molar refractivity (Wildman–Crippen MR) is 140 cm³/mol. The highest BCUT2D eigenvalue weighted by Gasteiger charge is 2.32. The highest BCUT2D eigenvalue weighted by atomic mass is 19.4. The summed E-state index contributed by atoms with van der Waals surface area (Å²) in [6.45, 7) is 5.57. The van der Waals surface area contributed by atoms with Gasteiger partial charge in [0.1, 0.15) is 23.8 Å². The van der Waals surface area contributed by atoms with Crippen molar-refractivity contribution in [3.63, 3.8) is 0 Å². The molecule has 1 atom stereocenters. The van der Waals surface area contributed by atoms with Gasteiger partial charge in [-0.25, -0.2) is 14.4 Å². The first kappa shape index (κ1) is 26.4. The molecule has 2 fully saturated rings. The van der Waals surface area contributed by atoms with Crippen LogP contribution in [0.5, 0.6) is 0 Å². The number of hydrogen-bond donors (Lipinski definition) is 1. The summed E-state index contributed by atoms with van der Waals surface area (Å²) in [6, 6.07) is 11.7. The Hall–Kier alpha value is -3.24. The minimum atomic E-state index is -4.35. The molecule has 3 aromatic rings. The van der Waals surface area contributed by atoms with Crippen molar-refractivity contribution in [1.29, 1.82) is 0 Å². The van der Waals surface area contributed by atoms with Gasteiger partial charge in [0.05, 0.1) is 11.1 Å². The van der Waals surface area contributed by atoms with Crippen LogP contribution in [0, 0.1) is 5.82 Å². The zero-order valence-electron chi connectivity index (χ0n) is 21.2. The van der Waals surface area contributed by atoms with Crippen LogP contribution in [0.15, 0.2) is 54.9 Å². The molecule has 2 aromatic carbocycles. The molecule has 1 aromatic heterocycles. The lowest BCUT2D eigenvalue weighted by Crippen LogP contribution is -2.50. The fourth-order valence-corrected chi connectivity index (χ4v) is 5.48. The van der Waals surface area contributed by atoms with Gasteiger partial charge in [-0.1, -0.05) is 30.7 Å². The summed E-state index contributed by atoms with van der Waals surface area (Å²) in [5.41, 5.74) is 7.92. The highest BCUT2D eigenvalue weighted by Crippen LogP contribution is 2.35. The second-order valence-electron chi connectivity index (χ2n) is 9.98. The van der Waals surface area contributed by atoms with Crippen LogP contribution in [-0.2, 0) is 6.18 Å². The van der Waals surface area contributed by atoms with E-state index in [1.807, 2.05) is 0 Å². The topological polar surface area (TPSA) is 61.5 Å². The van der Waals surface area contributed by atoms with Gasteiger partial charge in [0.15, 0.2) is 0 Å². The number of nitrogens with zero attached hydrogens (tertiary/aromatic N) is 5. The van der Waals surface area contributed by atoms with E-state index in [1.54, 1.807) is 24.3 Å². The number of likely N-dealkylation sites (tertiary alicyclic amines) is 1. The Labute approximate surface area is 220 Å². The average molecular weight is 529 g/mol. The van der Waals surface area contributed by atoms with Gasteiger partial charge in [0.2, 0.25) is 0 Å². The van der Waals surface area contributed by atoms with E-state index >= 15 is 0 Å². The van der Waals surface area contributed by atoms with Gasteiger partial charge in [-0.3, -0.25) is 4.90 Å². The summed E-state index contributed by atoms with van der Waals surface area (Å²) in [5.74, 6) is 0.699. The van der Waals surface area contributed by atoms with Gasteiger partial charge in [-0.2, -0.15) is 13.2 Å². The maximum Gasteiger partial charge on any atom is 0.416 e. The molecule has 1 unspecified atom stereocenters. The standard InChI is InChI=1S/C28H32F4N6/c29-23-10-6-21(7-11-23)25-26(33)34-19-35-27(25)38-16-14-37(15-17-38)24(18-36-12-2-1-3-13-36)20-4-8-22(9-5-20)28(30,31)32/h4-11,19,24H,1-3,12-18H2,(H2,33,34,35). The maximum atomic E-state index is 13.5. The van der Waals surface area contributed by atoms with Crippen LogP contribution in [0.2, 0.25) is 0 Å². The third kappa shape index (κ3) is 5.91. The summed E-state index contributed by atoms with van der Waals surface area (Å²) in [6.07, 6.45) is 0.599. The third-order valence-corrected chi connectivity index (χ3v) is 7.55. The van der Waals surface area contributed by atoms with Crippen molar-refractivity contribution in [2.45, 2.75) is 31.5 Å². The molecule has 2 aliphatic rings. The van der Waals surface area contributed by atoms with E-state index < -0.39 is 11.7 Å². The van der Waals surface area contributed by atoms with E-state index in [0.29, 0.717) is 43.4 Å². The molecule has 10 heteroatoms. The molecule has 5 rings (SSSR count). The lowest BCUT2D eigenvalue weighted by atomic mass is 10.00. The van der Waals surface area contributed by atoms with Gasteiger partial charge >= 0.3 is 6.18 Å². The molecule has 0 spiro atoms. The Kier molecular flexibility index (Phi) is 7.80. The fourth-order valence-electron chi connectivity index (χ4n) is 5.48. The number of anilines is 2. The number of nitrogen functional groups attached to an aromatic ring is 1. The zero-order valence-corrected chi connectivity index (χ0v) is 21.2. The average Bonchev–Trinajstić information content (AvgIpc) is 2.93. The quantitative estimate of drug-likeness (QED) is 0.442. The molecule has 0 bridgehead atoms. The Morgan fingerprint density at radius 2 is 1.47 bits per heavy atom. The molecule has 2 N–H and O–H groups in total. The van der Waals surface area contributed by atoms with Crippen LogP contribution in [0.25, 0.3) is 11.1 Å². The summed E-state index contributed by atoms with van der Waals surface area (Å²) >= 11 is 0. The van der Waals surface area contributed by atoms with Gasteiger partial charge in [-0.05, 0) is 61.3 Å². The van der Waals surface area contributed by atoms with Crippen LogP contribution < -0.4 is 10.6 Å². The van der Waals surface area contributed by atoms with Crippen LogP contribution in [0.3, 0.4) is 0 Å². The van der Waals surface area contributed by atoms with Crippen molar-refractivity contribution in [1.82, 2.24) is 19.8 Å². The number of benzene rings is 2. The van der Waals surface area contributed by atoms with Gasteiger partial charge < -0.3 is 15.5 Å². The zero-order chi connectivity index (χ0) is 26.7. The Bertz CT molecular complexity index is 1200. The van der Waals surface area contributed by atoms with E-state index in [2.05, 4.69) is 24.7 Å². The second-order valence-corrected chi connectivity index (χ2v) is 9.98. The normalized spacial score (nSPS) is 18.5. The van der Waals surface area contributed by atoms with Crippen molar-refractivity contribution in [2.24, 2.45) is 0 Å². The number of piperazine rings is 1. The number of piperidine rings is 1. The SMILES string of the molecule is Nc1ncnc(N2CCN(C(CN3CCCCC3)c3ccc(C(F)(F)F)cc3)CC2)c1-c1ccc(F)cc1. The molecule has 2 aliphatic heterocycles. The molecule has 2 saturated heterocycles. The van der Waals surface area contributed by atoms with E-state index in [0.717, 1.165) is 43.6 Å². The first-order valence-corrected chi connectivity index (χ1v) is 13.0. The summed E-state index contributed by atoms with van der Waals surface area (Å²) in [7, 11) is 0. The molecule has 0 aliphatic carbocycles. The number of nitrogens with two attached hydrogens (primary N) is 1. The molecule has 38 heavy (non-hydrogen) atoms. The fraction of sp³-hybridized carbons (Fsp3) is 0.429. The van der Waals surface area contributed by atoms with Crippen LogP contribution in [0.4, 0.5) is 29.2 Å². The van der Waals surface area contributed by atoms with E-state index in [4.69, 9.17) is 5.73 Å². The van der Waals surface area contributed by atoms with Crippen molar-refractivity contribution < 1.29 is 17.6 Å². The summed E-state index contributed by atoms with van der Waals surface area (Å²) < 4.78 is 53.1. The molecule has 3 heterocycles. The highest BCUT2D eigenvalue weighted by molar-refractivity contribution is 5.84. The number of hydrogen-bond acceptors (Lipinski definition) is 6. The molecular formula is C28H32F4N6. The Morgan fingerprint density at radius 1 is 0.816 bits per heavy atom. The number of aromatic nitrogens is 2. The molecule has 6 nitrogen and oxygen atoms in total. The minimum absolute atomic E-state index is 0.00966. The van der Waals surface area contributed by atoms with Crippen LogP contribution in [0.1, 0.15) is 36.4 Å². The predicted octanol–water partition coefficient (Wildman–Crippen LogP) is 5.23. The van der Waals surface area contributed by atoms with E-state index in [1.165, 1.54) is 37.0 Å². The van der Waals surface area contributed by atoms with E-state index in [9.17, 15) is 17.6 Å². The second kappa shape index (κ2) is 11.2. The van der Waals surface area contributed by atoms with Crippen molar-refractivity contribution in [3.8, 4) is 11.1 Å². The van der Waals surface area contributed by atoms with Gasteiger partial charge in [-0.15, -0.1) is 0 Å². The number of rotatable bonds is 6. The van der Waals surface area contributed by atoms with Gasteiger partial charge in [0, 0.05) is 38.8 Å². The molecule has 202 valence electrons. The smallest absolute Gasteiger partial charge is 0.383 e. The largest absolute Gasteiger partial charge is 0.416 e.